The molecule has 0 fully saturated rings. The molecule has 0 radical (unpaired) electrons. The molecule has 4 rings (SSSR count). The van der Waals surface area contributed by atoms with Gasteiger partial charge in [0.25, 0.3) is 5.91 Å². The summed E-state index contributed by atoms with van der Waals surface area (Å²) in [5.74, 6) is -0.0563. The molecule has 0 bridgehead atoms. The number of aromatic nitrogens is 2. The van der Waals surface area contributed by atoms with Gasteiger partial charge in [-0.05, 0) is 28.0 Å². The monoisotopic (exact) mass is 341 g/mol. The Bertz CT molecular complexity index is 1030. The minimum atomic E-state index is -0.0563. The molecular formula is C22H19N3O. The standard InChI is InChI=1S/C22H19N3O/c26-22(21-11-5-9-17-6-3-4-10-20(17)21)24-14-18-7-1-2-8-19(18)15-25-13-12-23-16-25/h1-13,16H,14-15H2,(H,24,26). The predicted octanol–water partition coefficient (Wildman–Crippen LogP) is 4.01. The fourth-order valence-electron chi connectivity index (χ4n) is 3.16. The number of nitrogens with one attached hydrogen (secondary N) is 1. The van der Waals surface area contributed by atoms with Crippen LogP contribution in [0.3, 0.4) is 0 Å². The molecule has 1 N–H and O–H groups in total. The molecule has 0 spiro atoms. The summed E-state index contributed by atoms with van der Waals surface area (Å²) in [4.78, 5) is 16.8. The molecular weight excluding hydrogens is 322 g/mol. The molecule has 0 atom stereocenters. The quantitative estimate of drug-likeness (QED) is 0.596. The lowest BCUT2D eigenvalue weighted by Crippen LogP contribution is -2.23. The van der Waals surface area contributed by atoms with Crippen LogP contribution in [0.4, 0.5) is 0 Å². The van der Waals surface area contributed by atoms with Crippen LogP contribution < -0.4 is 5.32 Å². The van der Waals surface area contributed by atoms with Gasteiger partial charge in [0.05, 0.1) is 6.33 Å². The van der Waals surface area contributed by atoms with E-state index >= 15 is 0 Å². The molecule has 0 aliphatic heterocycles. The van der Waals surface area contributed by atoms with Gasteiger partial charge in [-0.25, -0.2) is 4.98 Å². The van der Waals surface area contributed by atoms with Crippen molar-refractivity contribution in [3.8, 4) is 0 Å². The zero-order chi connectivity index (χ0) is 17.8. The Morgan fingerprint density at radius 3 is 2.54 bits per heavy atom. The molecule has 0 aliphatic carbocycles. The van der Waals surface area contributed by atoms with E-state index in [0.717, 1.165) is 22.9 Å². The zero-order valence-electron chi connectivity index (χ0n) is 14.3. The first-order chi connectivity index (χ1) is 12.8. The zero-order valence-corrected chi connectivity index (χ0v) is 14.3. The van der Waals surface area contributed by atoms with Gasteiger partial charge in [0.15, 0.2) is 0 Å². The lowest BCUT2D eigenvalue weighted by molar-refractivity contribution is 0.0952. The van der Waals surface area contributed by atoms with Crippen molar-refractivity contribution in [3.05, 3.63) is 102 Å². The van der Waals surface area contributed by atoms with Crippen LogP contribution in [0.5, 0.6) is 0 Å². The third-order valence-electron chi connectivity index (χ3n) is 4.50. The highest BCUT2D eigenvalue weighted by atomic mass is 16.1. The van der Waals surface area contributed by atoms with Crippen LogP contribution in [0.2, 0.25) is 0 Å². The van der Waals surface area contributed by atoms with Gasteiger partial charge in [-0.2, -0.15) is 0 Å². The van der Waals surface area contributed by atoms with Crippen molar-refractivity contribution in [2.45, 2.75) is 13.1 Å². The van der Waals surface area contributed by atoms with E-state index < -0.39 is 0 Å². The van der Waals surface area contributed by atoms with Crippen LogP contribution in [0.1, 0.15) is 21.5 Å². The van der Waals surface area contributed by atoms with Crippen LogP contribution in [0, 0.1) is 0 Å². The van der Waals surface area contributed by atoms with Gasteiger partial charge in [-0.15, -0.1) is 0 Å². The van der Waals surface area contributed by atoms with Gasteiger partial charge in [-0.1, -0.05) is 60.7 Å². The Balaban J connectivity index is 1.53. The van der Waals surface area contributed by atoms with E-state index in [1.165, 1.54) is 5.56 Å². The van der Waals surface area contributed by atoms with Crippen molar-refractivity contribution < 1.29 is 4.79 Å². The summed E-state index contributed by atoms with van der Waals surface area (Å²) in [6.45, 7) is 1.23. The largest absolute Gasteiger partial charge is 0.348 e. The lowest BCUT2D eigenvalue weighted by atomic mass is 10.0. The van der Waals surface area contributed by atoms with Gasteiger partial charge in [0.1, 0.15) is 0 Å². The molecule has 4 nitrogen and oxygen atoms in total. The number of imidazole rings is 1. The van der Waals surface area contributed by atoms with E-state index in [0.29, 0.717) is 12.1 Å². The van der Waals surface area contributed by atoms with Crippen LogP contribution in [-0.4, -0.2) is 15.5 Å². The molecule has 1 aromatic heterocycles. The summed E-state index contributed by atoms with van der Waals surface area (Å²) in [7, 11) is 0. The SMILES string of the molecule is O=C(NCc1ccccc1Cn1ccnc1)c1cccc2ccccc12. The van der Waals surface area contributed by atoms with E-state index in [-0.39, 0.29) is 5.91 Å². The highest BCUT2D eigenvalue weighted by Gasteiger charge is 2.10. The highest BCUT2D eigenvalue weighted by molar-refractivity contribution is 6.06. The number of hydrogen-bond donors (Lipinski definition) is 1. The predicted molar refractivity (Wildman–Crippen MR) is 103 cm³/mol. The molecule has 0 saturated heterocycles. The van der Waals surface area contributed by atoms with Gasteiger partial charge >= 0.3 is 0 Å². The molecule has 128 valence electrons. The molecule has 1 amide bonds. The third kappa shape index (κ3) is 3.35. The smallest absolute Gasteiger partial charge is 0.252 e. The van der Waals surface area contributed by atoms with Crippen molar-refractivity contribution in [2.24, 2.45) is 0 Å². The minimum Gasteiger partial charge on any atom is -0.348 e. The molecule has 3 aromatic carbocycles. The lowest BCUT2D eigenvalue weighted by Gasteiger charge is -2.12. The third-order valence-corrected chi connectivity index (χ3v) is 4.50. The van der Waals surface area contributed by atoms with Gasteiger partial charge in [0.2, 0.25) is 0 Å². The van der Waals surface area contributed by atoms with Crippen LogP contribution in [0.15, 0.2) is 85.5 Å². The summed E-state index contributed by atoms with van der Waals surface area (Å²) in [6, 6.07) is 21.9. The molecule has 4 heteroatoms. The molecule has 0 aliphatic rings. The minimum absolute atomic E-state index is 0.0563. The van der Waals surface area contributed by atoms with E-state index in [9.17, 15) is 4.79 Å². The van der Waals surface area contributed by atoms with Crippen molar-refractivity contribution in [2.75, 3.05) is 0 Å². The first kappa shape index (κ1) is 16.1. The normalized spacial score (nSPS) is 10.8. The van der Waals surface area contributed by atoms with Crippen molar-refractivity contribution in [1.29, 1.82) is 0 Å². The number of fused-ring (bicyclic) bond motifs is 1. The number of carbonyl (C=O) groups excluding carboxylic acids is 1. The second-order valence-corrected chi connectivity index (χ2v) is 6.21. The Morgan fingerprint density at radius 2 is 1.69 bits per heavy atom. The van der Waals surface area contributed by atoms with E-state index in [1.54, 1.807) is 12.5 Å². The van der Waals surface area contributed by atoms with Crippen molar-refractivity contribution in [1.82, 2.24) is 14.9 Å². The number of carbonyl (C=O) groups is 1. The number of nitrogens with zero attached hydrogens (tertiary/aromatic N) is 2. The number of amides is 1. The first-order valence-corrected chi connectivity index (χ1v) is 8.60. The van der Waals surface area contributed by atoms with Crippen LogP contribution in [0.25, 0.3) is 10.8 Å². The summed E-state index contributed by atoms with van der Waals surface area (Å²) in [6.07, 6.45) is 5.50. The highest BCUT2D eigenvalue weighted by Crippen LogP contribution is 2.18. The second-order valence-electron chi connectivity index (χ2n) is 6.21. The summed E-state index contributed by atoms with van der Waals surface area (Å²) >= 11 is 0. The summed E-state index contributed by atoms with van der Waals surface area (Å²) in [5.41, 5.74) is 2.98. The van der Waals surface area contributed by atoms with Crippen molar-refractivity contribution in [3.63, 3.8) is 0 Å². The maximum absolute atomic E-state index is 12.7. The summed E-state index contributed by atoms with van der Waals surface area (Å²) in [5, 5.41) is 5.11. The van der Waals surface area contributed by atoms with Crippen LogP contribution >= 0.6 is 0 Å². The molecule has 0 saturated carbocycles. The van der Waals surface area contributed by atoms with E-state index in [4.69, 9.17) is 0 Å². The molecule has 4 aromatic rings. The van der Waals surface area contributed by atoms with Gasteiger partial charge in [-0.3, -0.25) is 4.79 Å². The number of benzene rings is 3. The average molecular weight is 341 g/mol. The maximum Gasteiger partial charge on any atom is 0.252 e. The Hall–Kier alpha value is -3.40. The Labute approximate surface area is 152 Å². The average Bonchev–Trinajstić information content (AvgIpc) is 3.20. The number of rotatable bonds is 5. The van der Waals surface area contributed by atoms with E-state index in [1.807, 2.05) is 65.4 Å². The van der Waals surface area contributed by atoms with Crippen LogP contribution in [-0.2, 0) is 13.1 Å². The molecule has 26 heavy (non-hydrogen) atoms. The first-order valence-electron chi connectivity index (χ1n) is 8.60. The van der Waals surface area contributed by atoms with Crippen molar-refractivity contribution >= 4 is 16.7 Å². The topological polar surface area (TPSA) is 46.9 Å². The fraction of sp³-hybridized carbons (Fsp3) is 0.0909. The fourth-order valence-corrected chi connectivity index (χ4v) is 3.16. The Kier molecular flexibility index (Phi) is 4.48. The van der Waals surface area contributed by atoms with Gasteiger partial charge in [0, 0.05) is 31.0 Å². The maximum atomic E-state index is 12.7. The van der Waals surface area contributed by atoms with Gasteiger partial charge < -0.3 is 9.88 Å². The second kappa shape index (κ2) is 7.23. The summed E-state index contributed by atoms with van der Waals surface area (Å²) < 4.78 is 2.02. The number of hydrogen-bond acceptors (Lipinski definition) is 2. The molecule has 1 heterocycles. The van der Waals surface area contributed by atoms with E-state index in [2.05, 4.69) is 22.4 Å². The Morgan fingerprint density at radius 1 is 0.923 bits per heavy atom. The molecule has 0 unspecified atom stereocenters.